The number of phenolic OH excluding ortho intramolecular Hbond substituents is 1. The molecule has 0 aliphatic carbocycles. The van der Waals surface area contributed by atoms with E-state index in [4.69, 9.17) is 0 Å². The molecular formula is C23H40B2O2. The number of benzene rings is 1. The first-order valence-electron chi connectivity index (χ1n) is 10.4. The first kappa shape index (κ1) is 23.9. The molecule has 1 unspecified atom stereocenters. The van der Waals surface area contributed by atoms with E-state index in [1.807, 2.05) is 15.7 Å². The van der Waals surface area contributed by atoms with Crippen molar-refractivity contribution in [3.63, 3.8) is 0 Å². The molecule has 0 saturated heterocycles. The summed E-state index contributed by atoms with van der Waals surface area (Å²) in [6, 6.07) is 4.19. The van der Waals surface area contributed by atoms with Gasteiger partial charge in [-0.1, -0.05) is 74.4 Å². The third kappa shape index (κ3) is 4.46. The molecule has 0 radical (unpaired) electrons. The van der Waals surface area contributed by atoms with Crippen molar-refractivity contribution in [1.29, 1.82) is 0 Å². The van der Waals surface area contributed by atoms with Crippen molar-refractivity contribution in [1.82, 2.24) is 0 Å². The molecule has 27 heavy (non-hydrogen) atoms. The van der Waals surface area contributed by atoms with E-state index in [-0.39, 0.29) is 21.7 Å². The fraction of sp³-hybridized carbons (Fsp3) is 0.696. The predicted octanol–water partition coefficient (Wildman–Crippen LogP) is 3.02. The average Bonchev–Trinajstić information content (AvgIpc) is 2.56. The molecule has 4 heteroatoms. The number of hydrogen-bond donors (Lipinski definition) is 1. The molecule has 0 aromatic heterocycles. The van der Waals surface area contributed by atoms with Crippen molar-refractivity contribution in [2.45, 2.75) is 87.0 Å². The van der Waals surface area contributed by atoms with E-state index < -0.39 is 0 Å². The number of rotatable bonds is 8. The molecule has 1 N–H and O–H groups in total. The highest BCUT2D eigenvalue weighted by Crippen LogP contribution is 2.52. The predicted molar refractivity (Wildman–Crippen MR) is 123 cm³/mol. The maximum Gasteiger partial charge on any atom is 0.144 e. The smallest absolute Gasteiger partial charge is 0.144 e. The van der Waals surface area contributed by atoms with Crippen LogP contribution in [-0.2, 0) is 10.2 Å². The zero-order valence-electron chi connectivity index (χ0n) is 19.6. The van der Waals surface area contributed by atoms with Gasteiger partial charge in [0.25, 0.3) is 0 Å². The number of carbonyl (C=O) groups is 1. The lowest BCUT2D eigenvalue weighted by Gasteiger charge is -2.49. The lowest BCUT2D eigenvalue weighted by atomic mass is 9.53. The third-order valence-corrected chi connectivity index (χ3v) is 7.36. The summed E-state index contributed by atoms with van der Waals surface area (Å²) in [5.74, 6) is 0.756. The van der Waals surface area contributed by atoms with Crippen LogP contribution in [-0.4, -0.2) is 26.6 Å². The average molecular weight is 370 g/mol. The summed E-state index contributed by atoms with van der Waals surface area (Å²) in [5, 5.41) is 10.1. The number of hydrogen-bond acceptors (Lipinski definition) is 2. The van der Waals surface area contributed by atoms with Gasteiger partial charge in [0.05, 0.1) is 0 Å². The summed E-state index contributed by atoms with van der Waals surface area (Å²) in [7, 11) is 3.91. The topological polar surface area (TPSA) is 37.3 Å². The van der Waals surface area contributed by atoms with Crippen LogP contribution in [0.2, 0.25) is 0 Å². The van der Waals surface area contributed by atoms with Gasteiger partial charge in [-0.25, -0.2) is 0 Å². The van der Waals surface area contributed by atoms with Gasteiger partial charge in [0.1, 0.15) is 27.2 Å². The second-order valence-corrected chi connectivity index (χ2v) is 10.7. The molecule has 0 fully saturated rings. The summed E-state index contributed by atoms with van der Waals surface area (Å²) in [6.45, 7) is 19.6. The first-order valence-corrected chi connectivity index (χ1v) is 10.4. The van der Waals surface area contributed by atoms with Crippen molar-refractivity contribution in [2.24, 2.45) is 16.2 Å². The van der Waals surface area contributed by atoms with Crippen LogP contribution >= 0.6 is 0 Å². The van der Waals surface area contributed by atoms with E-state index in [9.17, 15) is 9.90 Å². The Kier molecular flexibility index (Phi) is 6.79. The lowest BCUT2D eigenvalue weighted by Crippen LogP contribution is -2.49. The van der Waals surface area contributed by atoms with Crippen LogP contribution in [0.1, 0.15) is 87.1 Å². The molecule has 1 aromatic rings. The SMILES string of the molecule is Bc1cc(C(C)(C)CC(C)(C)C(C)(CC)C(=O)C(C)(C)CC)cc(B)c1O. The minimum absolute atomic E-state index is 0.0974. The van der Waals surface area contributed by atoms with Gasteiger partial charge in [0.2, 0.25) is 0 Å². The minimum atomic E-state index is -0.384. The van der Waals surface area contributed by atoms with Gasteiger partial charge in [-0.2, -0.15) is 0 Å². The standard InChI is InChI=1S/C23H40B2O2/c1-10-20(3,4)19(27)23(9,11-2)22(7,8)14-21(5,6)15-12-16(24)18(26)17(25)13-15/h12-13,26H,10-11,14,24-25H2,1-9H3. The van der Waals surface area contributed by atoms with Crippen LogP contribution in [0.25, 0.3) is 0 Å². The number of Topliss-reactive ketones (excluding diaryl/α,β-unsaturated/α-hetero) is 1. The highest BCUT2D eigenvalue weighted by molar-refractivity contribution is 6.41. The highest BCUT2D eigenvalue weighted by Gasteiger charge is 2.51. The quantitative estimate of drug-likeness (QED) is 0.715. The van der Waals surface area contributed by atoms with E-state index in [2.05, 4.69) is 74.4 Å². The molecule has 0 saturated carbocycles. The number of aromatic hydroxyl groups is 1. The molecule has 1 aromatic carbocycles. The van der Waals surface area contributed by atoms with Crippen molar-refractivity contribution < 1.29 is 9.90 Å². The molecule has 0 bridgehead atoms. The maximum absolute atomic E-state index is 13.5. The molecule has 1 rings (SSSR count). The van der Waals surface area contributed by atoms with Crippen molar-refractivity contribution in [2.75, 3.05) is 0 Å². The Morgan fingerprint density at radius 3 is 1.74 bits per heavy atom. The Hall–Kier alpha value is -1.18. The van der Waals surface area contributed by atoms with Gasteiger partial charge in [-0.15, -0.1) is 0 Å². The second kappa shape index (κ2) is 7.68. The maximum atomic E-state index is 13.5. The summed E-state index contributed by atoms with van der Waals surface area (Å²) in [6.07, 6.45) is 2.60. The summed E-state index contributed by atoms with van der Waals surface area (Å²) in [4.78, 5) is 13.5. The number of ketones is 1. The van der Waals surface area contributed by atoms with Crippen molar-refractivity contribution in [3.05, 3.63) is 17.7 Å². The first-order chi connectivity index (χ1) is 12.1. The fourth-order valence-corrected chi connectivity index (χ4v) is 4.60. The van der Waals surface area contributed by atoms with E-state index >= 15 is 0 Å². The molecule has 150 valence electrons. The third-order valence-electron chi connectivity index (χ3n) is 7.36. The van der Waals surface area contributed by atoms with E-state index in [0.717, 1.165) is 30.2 Å². The van der Waals surface area contributed by atoms with Crippen molar-refractivity contribution >= 4 is 32.4 Å². The Morgan fingerprint density at radius 2 is 1.37 bits per heavy atom. The molecule has 0 aliphatic rings. The van der Waals surface area contributed by atoms with Crippen LogP contribution in [0.5, 0.6) is 5.75 Å². The van der Waals surface area contributed by atoms with Crippen LogP contribution in [0.15, 0.2) is 12.1 Å². The monoisotopic (exact) mass is 370 g/mol. The summed E-state index contributed by atoms with van der Waals surface area (Å²) < 4.78 is 0. The number of phenols is 1. The second-order valence-electron chi connectivity index (χ2n) is 10.7. The number of carbonyl (C=O) groups excluding carboxylic acids is 1. The van der Waals surface area contributed by atoms with E-state index in [0.29, 0.717) is 11.5 Å². The van der Waals surface area contributed by atoms with Crippen LogP contribution < -0.4 is 10.9 Å². The van der Waals surface area contributed by atoms with Gasteiger partial charge >= 0.3 is 0 Å². The largest absolute Gasteiger partial charge is 0.509 e. The molecule has 0 spiro atoms. The molecule has 2 nitrogen and oxygen atoms in total. The molecule has 1 atom stereocenters. The van der Waals surface area contributed by atoms with Crippen molar-refractivity contribution in [3.8, 4) is 5.75 Å². The zero-order chi connectivity index (χ0) is 21.4. The zero-order valence-corrected chi connectivity index (χ0v) is 19.6. The van der Waals surface area contributed by atoms with E-state index in [1.165, 1.54) is 5.56 Å². The molecule has 0 amide bonds. The van der Waals surface area contributed by atoms with Gasteiger partial charge in [-0.3, -0.25) is 4.79 Å². The molecule has 0 aliphatic heterocycles. The van der Waals surface area contributed by atoms with Gasteiger partial charge in [0, 0.05) is 10.8 Å². The summed E-state index contributed by atoms with van der Waals surface area (Å²) >= 11 is 0. The fourth-order valence-electron chi connectivity index (χ4n) is 4.60. The lowest BCUT2D eigenvalue weighted by molar-refractivity contribution is -0.145. The highest BCUT2D eigenvalue weighted by atomic mass is 16.3. The van der Waals surface area contributed by atoms with Crippen LogP contribution in [0, 0.1) is 16.2 Å². The summed E-state index contributed by atoms with van der Waals surface area (Å²) in [5.41, 5.74) is 2.11. The van der Waals surface area contributed by atoms with Gasteiger partial charge < -0.3 is 5.11 Å². The Morgan fingerprint density at radius 1 is 0.926 bits per heavy atom. The van der Waals surface area contributed by atoms with E-state index in [1.54, 1.807) is 0 Å². The van der Waals surface area contributed by atoms with Crippen LogP contribution in [0.3, 0.4) is 0 Å². The minimum Gasteiger partial charge on any atom is -0.509 e. The van der Waals surface area contributed by atoms with Gasteiger partial charge in [0.15, 0.2) is 0 Å². The van der Waals surface area contributed by atoms with Crippen LogP contribution in [0.4, 0.5) is 0 Å². The molecular weight excluding hydrogens is 330 g/mol. The normalized spacial score (nSPS) is 15.4. The molecule has 0 heterocycles. The Balaban J connectivity index is 3.35. The Bertz CT molecular complexity index is 681. The Labute approximate surface area is 169 Å². The van der Waals surface area contributed by atoms with Gasteiger partial charge in [-0.05, 0) is 46.6 Å².